The Hall–Kier alpha value is -2.59. The zero-order valence-corrected chi connectivity index (χ0v) is 14.4. The van der Waals surface area contributed by atoms with Gasteiger partial charge in [-0.3, -0.25) is 9.69 Å². The normalized spacial score (nSPS) is 15.6. The van der Waals surface area contributed by atoms with Crippen molar-refractivity contribution < 1.29 is 4.42 Å². The van der Waals surface area contributed by atoms with Crippen molar-refractivity contribution in [3.63, 3.8) is 0 Å². The lowest BCUT2D eigenvalue weighted by Gasteiger charge is -2.36. The summed E-state index contributed by atoms with van der Waals surface area (Å²) in [6.45, 7) is 6.64. The van der Waals surface area contributed by atoms with Gasteiger partial charge >= 0.3 is 0 Å². The van der Waals surface area contributed by atoms with E-state index in [1.54, 1.807) is 6.26 Å². The van der Waals surface area contributed by atoms with Gasteiger partial charge in [-0.15, -0.1) is 0 Å². The minimum Gasteiger partial charge on any atom is -0.464 e. The molecular formula is C21H22N2O2. The zero-order chi connectivity index (χ0) is 17.2. The Labute approximate surface area is 147 Å². The second-order valence-corrected chi connectivity index (χ2v) is 6.64. The van der Waals surface area contributed by atoms with E-state index in [1.807, 2.05) is 24.3 Å². The average Bonchev–Trinajstić information content (AvgIpc) is 2.65. The molecule has 0 radical (unpaired) electrons. The quantitative estimate of drug-likeness (QED) is 0.735. The minimum absolute atomic E-state index is 0.0863. The molecule has 3 aromatic rings. The van der Waals surface area contributed by atoms with Gasteiger partial charge < -0.3 is 9.32 Å². The molecule has 0 spiro atoms. The molecule has 2 heterocycles. The van der Waals surface area contributed by atoms with Gasteiger partial charge in [-0.2, -0.15) is 0 Å². The lowest BCUT2D eigenvalue weighted by Crippen LogP contribution is -2.46. The molecule has 0 saturated carbocycles. The number of benzene rings is 2. The van der Waals surface area contributed by atoms with E-state index in [1.165, 1.54) is 11.3 Å². The number of anilines is 1. The predicted molar refractivity (Wildman–Crippen MR) is 101 cm³/mol. The van der Waals surface area contributed by atoms with E-state index >= 15 is 0 Å². The van der Waals surface area contributed by atoms with Crippen LogP contribution in [0.5, 0.6) is 0 Å². The highest BCUT2D eigenvalue weighted by atomic mass is 16.3. The summed E-state index contributed by atoms with van der Waals surface area (Å²) < 4.78 is 5.63. The second kappa shape index (κ2) is 6.73. The summed E-state index contributed by atoms with van der Waals surface area (Å²) in [4.78, 5) is 17.4. The van der Waals surface area contributed by atoms with Crippen LogP contribution in [0.3, 0.4) is 0 Å². The van der Waals surface area contributed by atoms with Crippen molar-refractivity contribution in [2.75, 3.05) is 31.1 Å². The van der Waals surface area contributed by atoms with Crippen LogP contribution in [0, 0.1) is 6.92 Å². The van der Waals surface area contributed by atoms with Gasteiger partial charge in [0.2, 0.25) is 0 Å². The molecule has 1 aliphatic heterocycles. The molecule has 1 saturated heterocycles. The van der Waals surface area contributed by atoms with Crippen molar-refractivity contribution in [3.05, 3.63) is 76.1 Å². The Kier molecular flexibility index (Phi) is 4.28. The lowest BCUT2D eigenvalue weighted by atomic mass is 10.1. The molecule has 0 bridgehead atoms. The Morgan fingerprint density at radius 3 is 2.48 bits per heavy atom. The topological polar surface area (TPSA) is 36.7 Å². The van der Waals surface area contributed by atoms with Gasteiger partial charge in [-0.05, 0) is 30.7 Å². The Balaban J connectivity index is 1.46. The fourth-order valence-electron chi connectivity index (χ4n) is 3.53. The lowest BCUT2D eigenvalue weighted by molar-refractivity contribution is 0.247. The van der Waals surface area contributed by atoms with E-state index in [2.05, 4.69) is 41.0 Å². The Bertz CT molecular complexity index is 940. The molecule has 1 fully saturated rings. The number of rotatable bonds is 3. The maximum atomic E-state index is 12.6. The Morgan fingerprint density at radius 1 is 0.960 bits per heavy atom. The highest BCUT2D eigenvalue weighted by molar-refractivity contribution is 5.76. The summed E-state index contributed by atoms with van der Waals surface area (Å²) >= 11 is 0. The third kappa shape index (κ3) is 3.17. The van der Waals surface area contributed by atoms with Gasteiger partial charge in [0.1, 0.15) is 5.58 Å². The smallest absolute Gasteiger partial charge is 0.197 e. The summed E-state index contributed by atoms with van der Waals surface area (Å²) in [7, 11) is 0. The molecule has 1 aliphatic rings. The minimum atomic E-state index is 0.0863. The van der Waals surface area contributed by atoms with Gasteiger partial charge in [0.15, 0.2) is 5.43 Å². The molecule has 0 unspecified atom stereocenters. The molecule has 128 valence electrons. The van der Waals surface area contributed by atoms with Crippen molar-refractivity contribution in [2.24, 2.45) is 0 Å². The van der Waals surface area contributed by atoms with Crippen molar-refractivity contribution in [1.82, 2.24) is 4.90 Å². The molecule has 25 heavy (non-hydrogen) atoms. The molecule has 0 N–H and O–H groups in total. The fraction of sp³-hybridized carbons (Fsp3) is 0.286. The number of para-hydroxylation sites is 2. The highest BCUT2D eigenvalue weighted by Crippen LogP contribution is 2.21. The standard InChI is InChI=1S/C21H22N2O2/c1-16-6-2-4-8-19(16)23-12-10-22(11-13-23)14-17-15-25-20-9-5-3-7-18(20)21(17)24/h2-9,15H,10-14H2,1H3. The van der Waals surface area contributed by atoms with Gasteiger partial charge in [-0.1, -0.05) is 30.3 Å². The summed E-state index contributed by atoms with van der Waals surface area (Å²) in [5, 5.41) is 0.665. The van der Waals surface area contributed by atoms with Crippen molar-refractivity contribution in [3.8, 4) is 0 Å². The van der Waals surface area contributed by atoms with Crippen LogP contribution in [0.4, 0.5) is 5.69 Å². The first-order valence-electron chi connectivity index (χ1n) is 8.75. The van der Waals surface area contributed by atoms with Crippen LogP contribution in [-0.2, 0) is 6.54 Å². The molecule has 4 nitrogen and oxygen atoms in total. The van der Waals surface area contributed by atoms with Gasteiger partial charge in [0.05, 0.1) is 11.6 Å². The van der Waals surface area contributed by atoms with E-state index in [0.717, 1.165) is 31.7 Å². The fourth-order valence-corrected chi connectivity index (χ4v) is 3.53. The summed E-state index contributed by atoms with van der Waals surface area (Å²) in [5.41, 5.74) is 4.10. The first-order chi connectivity index (χ1) is 12.2. The van der Waals surface area contributed by atoms with Crippen LogP contribution in [-0.4, -0.2) is 31.1 Å². The first kappa shape index (κ1) is 15.9. The third-order valence-electron chi connectivity index (χ3n) is 4.97. The number of piperazine rings is 1. The molecule has 0 aliphatic carbocycles. The van der Waals surface area contributed by atoms with Crippen molar-refractivity contribution >= 4 is 16.7 Å². The van der Waals surface area contributed by atoms with Crippen LogP contribution in [0.2, 0.25) is 0 Å². The molecule has 0 amide bonds. The van der Waals surface area contributed by atoms with E-state index in [0.29, 0.717) is 17.5 Å². The average molecular weight is 334 g/mol. The van der Waals surface area contributed by atoms with Gasteiger partial charge in [-0.25, -0.2) is 0 Å². The monoisotopic (exact) mass is 334 g/mol. The molecule has 1 aromatic heterocycles. The maximum Gasteiger partial charge on any atom is 0.197 e. The van der Waals surface area contributed by atoms with E-state index in [9.17, 15) is 4.79 Å². The van der Waals surface area contributed by atoms with Crippen LogP contribution >= 0.6 is 0 Å². The van der Waals surface area contributed by atoms with Crippen molar-refractivity contribution in [1.29, 1.82) is 0 Å². The van der Waals surface area contributed by atoms with Crippen LogP contribution in [0.1, 0.15) is 11.1 Å². The number of hydrogen-bond donors (Lipinski definition) is 0. The van der Waals surface area contributed by atoms with E-state index < -0.39 is 0 Å². The van der Waals surface area contributed by atoms with E-state index in [-0.39, 0.29) is 5.43 Å². The number of nitrogens with zero attached hydrogens (tertiary/aromatic N) is 2. The number of hydrogen-bond acceptors (Lipinski definition) is 4. The van der Waals surface area contributed by atoms with Crippen LogP contribution in [0.15, 0.2) is 64.0 Å². The summed E-state index contributed by atoms with van der Waals surface area (Å²) in [6.07, 6.45) is 1.62. The highest BCUT2D eigenvalue weighted by Gasteiger charge is 2.19. The predicted octanol–water partition coefficient (Wildman–Crippen LogP) is 3.42. The van der Waals surface area contributed by atoms with Crippen LogP contribution in [0.25, 0.3) is 11.0 Å². The van der Waals surface area contributed by atoms with Crippen molar-refractivity contribution in [2.45, 2.75) is 13.5 Å². The SMILES string of the molecule is Cc1ccccc1N1CCN(Cc2coc3ccccc3c2=O)CC1. The maximum absolute atomic E-state index is 12.6. The largest absolute Gasteiger partial charge is 0.464 e. The molecule has 0 atom stereocenters. The summed E-state index contributed by atoms with van der Waals surface area (Å²) in [6, 6.07) is 15.9. The molecule has 4 rings (SSSR count). The van der Waals surface area contributed by atoms with Crippen LogP contribution < -0.4 is 10.3 Å². The first-order valence-corrected chi connectivity index (χ1v) is 8.75. The van der Waals surface area contributed by atoms with Gasteiger partial charge in [0.25, 0.3) is 0 Å². The summed E-state index contributed by atoms with van der Waals surface area (Å²) in [5.74, 6) is 0. The second-order valence-electron chi connectivity index (χ2n) is 6.64. The van der Waals surface area contributed by atoms with E-state index in [4.69, 9.17) is 4.42 Å². The van der Waals surface area contributed by atoms with Gasteiger partial charge in [0, 0.05) is 44.0 Å². The molecular weight excluding hydrogens is 312 g/mol. The Morgan fingerprint density at radius 2 is 1.68 bits per heavy atom. The number of aryl methyl sites for hydroxylation is 1. The third-order valence-corrected chi connectivity index (χ3v) is 4.97. The molecule has 2 aromatic carbocycles. The number of fused-ring (bicyclic) bond motifs is 1. The molecule has 4 heteroatoms. The zero-order valence-electron chi connectivity index (χ0n) is 14.4.